The van der Waals surface area contributed by atoms with Crippen LogP contribution in [-0.2, 0) is 13.6 Å². The molecule has 2 fully saturated rings. The molecule has 0 aromatic heterocycles. The molecule has 2 aliphatic rings. The monoisotopic (exact) mass is 346 g/mol. The van der Waals surface area contributed by atoms with E-state index < -0.39 is 16.6 Å². The summed E-state index contributed by atoms with van der Waals surface area (Å²) in [6.07, 6.45) is 4.61. The smallest absolute Gasteiger partial charge is 0.187 e. The second kappa shape index (κ2) is 6.20. The van der Waals surface area contributed by atoms with Gasteiger partial charge in [-0.1, -0.05) is 6.55 Å². The van der Waals surface area contributed by atoms with Gasteiger partial charge in [0, 0.05) is 15.4 Å². The molecule has 1 saturated carbocycles. The molecule has 3 nitrogen and oxygen atoms in total. The lowest BCUT2D eigenvalue weighted by Gasteiger charge is -2.48. The molecule has 0 aromatic rings. The molecule has 124 valence electrons. The highest BCUT2D eigenvalue weighted by Gasteiger charge is 2.53. The van der Waals surface area contributed by atoms with Crippen LogP contribution in [0.1, 0.15) is 19.3 Å². The van der Waals surface area contributed by atoms with Crippen LogP contribution in [0.3, 0.4) is 0 Å². The first-order valence-corrected chi connectivity index (χ1v) is 17.8. The second-order valence-electron chi connectivity index (χ2n) is 8.71. The van der Waals surface area contributed by atoms with Crippen LogP contribution in [0.2, 0.25) is 51.9 Å². The summed E-state index contributed by atoms with van der Waals surface area (Å²) in [7, 11) is -3.41. The fourth-order valence-corrected chi connectivity index (χ4v) is 8.18. The molecule has 2 rings (SSSR count). The van der Waals surface area contributed by atoms with Crippen molar-refractivity contribution >= 4 is 26.2 Å². The number of hydrogen-bond donors (Lipinski definition) is 0. The number of ether oxygens (including phenoxy) is 1. The van der Waals surface area contributed by atoms with Crippen molar-refractivity contribution in [1.82, 2.24) is 0 Å². The zero-order valence-electron chi connectivity index (χ0n) is 15.0. The molecule has 0 radical (unpaired) electrons. The molecular formula is C15H34O3Si3. The summed E-state index contributed by atoms with van der Waals surface area (Å²) in [4.78, 5) is 0. The highest BCUT2D eigenvalue weighted by molar-refractivity contribution is 6.71. The average molecular weight is 347 g/mol. The summed E-state index contributed by atoms with van der Waals surface area (Å²) in [5, 5.41) is 0. The molecule has 0 bridgehead atoms. The predicted molar refractivity (Wildman–Crippen MR) is 96.8 cm³/mol. The average Bonchev–Trinajstić information content (AvgIpc) is 3.01. The molecule has 0 N–H and O–H groups in total. The van der Waals surface area contributed by atoms with Gasteiger partial charge in [-0.05, 0) is 64.6 Å². The van der Waals surface area contributed by atoms with E-state index in [1.807, 2.05) is 0 Å². The quantitative estimate of drug-likeness (QED) is 0.401. The SMILES string of the molecule is C[SiH2]CC(O[Si](C)(C)C)(O[Si](C)(C)C)C1CCC2OC2C1. The van der Waals surface area contributed by atoms with Gasteiger partial charge < -0.3 is 13.6 Å². The number of rotatable bonds is 7. The maximum atomic E-state index is 6.78. The standard InChI is InChI=1S/C15H34O3Si3/c1-19-11-15(17-20(2,3)4,18-21(5,6)7)12-8-9-13-14(10-12)16-13/h12-14H,8-11,19H2,1-7H3. The van der Waals surface area contributed by atoms with Gasteiger partial charge in [-0.25, -0.2) is 0 Å². The Morgan fingerprint density at radius 1 is 1.00 bits per heavy atom. The molecule has 6 heteroatoms. The van der Waals surface area contributed by atoms with Crippen LogP contribution >= 0.6 is 0 Å². The third-order valence-electron chi connectivity index (χ3n) is 4.18. The van der Waals surface area contributed by atoms with Crippen molar-refractivity contribution in [3.8, 4) is 0 Å². The Bertz CT molecular complexity index is 346. The zero-order valence-corrected chi connectivity index (χ0v) is 18.4. The van der Waals surface area contributed by atoms with Crippen LogP contribution in [-0.4, -0.2) is 44.1 Å². The van der Waals surface area contributed by atoms with Gasteiger partial charge in [0.05, 0.1) is 12.2 Å². The van der Waals surface area contributed by atoms with Gasteiger partial charge in [0.2, 0.25) is 0 Å². The highest BCUT2D eigenvalue weighted by atomic mass is 28.4. The minimum absolute atomic E-state index is 0.123. The third-order valence-corrected chi connectivity index (χ3v) is 7.30. The van der Waals surface area contributed by atoms with E-state index in [-0.39, 0.29) is 15.3 Å². The van der Waals surface area contributed by atoms with E-state index in [2.05, 4.69) is 45.8 Å². The first kappa shape index (κ1) is 17.9. The normalized spacial score (nSPS) is 30.7. The van der Waals surface area contributed by atoms with Crippen molar-refractivity contribution in [2.75, 3.05) is 0 Å². The fourth-order valence-electron chi connectivity index (χ4n) is 3.68. The van der Waals surface area contributed by atoms with Gasteiger partial charge in [0.25, 0.3) is 0 Å². The first-order chi connectivity index (χ1) is 9.55. The molecule has 0 spiro atoms. The summed E-state index contributed by atoms with van der Waals surface area (Å²) in [5.74, 6) is 0.236. The van der Waals surface area contributed by atoms with E-state index in [1.165, 1.54) is 12.8 Å². The van der Waals surface area contributed by atoms with Crippen molar-refractivity contribution in [3.63, 3.8) is 0 Å². The Balaban J connectivity index is 2.23. The topological polar surface area (TPSA) is 31.0 Å². The molecular weight excluding hydrogens is 312 g/mol. The lowest BCUT2D eigenvalue weighted by molar-refractivity contribution is -0.160. The van der Waals surface area contributed by atoms with Gasteiger partial charge >= 0.3 is 0 Å². The highest BCUT2D eigenvalue weighted by Crippen LogP contribution is 2.47. The van der Waals surface area contributed by atoms with E-state index in [1.54, 1.807) is 0 Å². The lowest BCUT2D eigenvalue weighted by atomic mass is 9.84. The van der Waals surface area contributed by atoms with Gasteiger partial charge in [0.15, 0.2) is 16.6 Å². The summed E-state index contributed by atoms with van der Waals surface area (Å²) in [6, 6.07) is 1.16. The van der Waals surface area contributed by atoms with Crippen LogP contribution in [0.5, 0.6) is 0 Å². The summed E-state index contributed by atoms with van der Waals surface area (Å²) in [6.45, 7) is 16.2. The second-order valence-corrected chi connectivity index (χ2v) is 19.1. The Labute approximate surface area is 135 Å². The summed E-state index contributed by atoms with van der Waals surface area (Å²) < 4.78 is 19.3. The predicted octanol–water partition coefficient (Wildman–Crippen LogP) is 3.59. The molecule has 1 aliphatic carbocycles. The molecule has 21 heavy (non-hydrogen) atoms. The first-order valence-electron chi connectivity index (χ1n) is 8.60. The van der Waals surface area contributed by atoms with Crippen molar-refractivity contribution in [2.24, 2.45) is 5.92 Å². The molecule has 0 aromatic carbocycles. The van der Waals surface area contributed by atoms with E-state index in [9.17, 15) is 0 Å². The molecule has 1 saturated heterocycles. The van der Waals surface area contributed by atoms with E-state index in [4.69, 9.17) is 13.6 Å². The van der Waals surface area contributed by atoms with Crippen molar-refractivity contribution in [2.45, 2.75) is 89.1 Å². The van der Waals surface area contributed by atoms with Crippen molar-refractivity contribution < 1.29 is 13.6 Å². The Morgan fingerprint density at radius 3 is 2.00 bits per heavy atom. The fraction of sp³-hybridized carbons (Fsp3) is 1.00. The number of hydrogen-bond acceptors (Lipinski definition) is 3. The Hall–Kier alpha value is 0.531. The summed E-state index contributed by atoms with van der Waals surface area (Å²) in [5.41, 5.74) is 0. The number of fused-ring (bicyclic) bond motifs is 1. The van der Waals surface area contributed by atoms with Gasteiger partial charge in [-0.15, -0.1) is 0 Å². The molecule has 3 unspecified atom stereocenters. The minimum atomic E-state index is -1.64. The van der Waals surface area contributed by atoms with Crippen LogP contribution in [0.4, 0.5) is 0 Å². The van der Waals surface area contributed by atoms with Crippen LogP contribution in [0.15, 0.2) is 0 Å². The molecule has 1 aliphatic heterocycles. The largest absolute Gasteiger partial charge is 0.391 e. The van der Waals surface area contributed by atoms with E-state index >= 15 is 0 Å². The summed E-state index contributed by atoms with van der Waals surface area (Å²) >= 11 is 0. The number of epoxide rings is 1. The molecule has 0 amide bonds. The Morgan fingerprint density at radius 2 is 1.57 bits per heavy atom. The van der Waals surface area contributed by atoms with Crippen molar-refractivity contribution in [1.29, 1.82) is 0 Å². The van der Waals surface area contributed by atoms with Gasteiger partial charge in [-0.2, -0.15) is 0 Å². The van der Waals surface area contributed by atoms with Crippen LogP contribution < -0.4 is 0 Å². The molecule has 1 heterocycles. The van der Waals surface area contributed by atoms with Gasteiger partial charge in [0.1, 0.15) is 5.79 Å². The minimum Gasteiger partial charge on any atom is -0.391 e. The van der Waals surface area contributed by atoms with Gasteiger partial charge in [-0.3, -0.25) is 0 Å². The van der Waals surface area contributed by atoms with E-state index in [0.29, 0.717) is 18.1 Å². The molecule has 3 atom stereocenters. The van der Waals surface area contributed by atoms with Crippen LogP contribution in [0, 0.1) is 5.92 Å². The maximum Gasteiger partial charge on any atom is 0.187 e. The van der Waals surface area contributed by atoms with E-state index in [0.717, 1.165) is 12.5 Å². The Kier molecular flexibility index (Phi) is 5.28. The zero-order chi connectivity index (χ0) is 15.9. The third kappa shape index (κ3) is 5.01. The lowest BCUT2D eigenvalue weighted by Crippen LogP contribution is -2.55. The maximum absolute atomic E-state index is 6.78. The van der Waals surface area contributed by atoms with Crippen LogP contribution in [0.25, 0.3) is 0 Å². The van der Waals surface area contributed by atoms with Crippen molar-refractivity contribution in [3.05, 3.63) is 0 Å².